The van der Waals surface area contributed by atoms with Gasteiger partial charge in [-0.1, -0.05) is 6.07 Å². The lowest BCUT2D eigenvalue weighted by molar-refractivity contribution is 0.373. The topological polar surface area (TPSA) is 66.4 Å². The minimum Gasteiger partial charge on any atom is -0.504 e. The summed E-state index contributed by atoms with van der Waals surface area (Å²) in [5, 5.41) is 21.2. The molecule has 0 atom stereocenters. The zero-order chi connectivity index (χ0) is 16.2. The van der Waals surface area contributed by atoms with Crippen molar-refractivity contribution in [3.8, 4) is 28.9 Å². The molecule has 0 spiro atoms. The maximum Gasteiger partial charge on any atom is 0.160 e. The van der Waals surface area contributed by atoms with Crippen molar-refractivity contribution in [1.82, 2.24) is 0 Å². The van der Waals surface area contributed by atoms with Gasteiger partial charge in [-0.05, 0) is 42.0 Å². The van der Waals surface area contributed by atoms with E-state index in [4.69, 9.17) is 9.15 Å². The van der Waals surface area contributed by atoms with Crippen LogP contribution in [0.3, 0.4) is 0 Å². The molecule has 23 heavy (non-hydrogen) atoms. The molecule has 3 aromatic rings. The van der Waals surface area contributed by atoms with Crippen LogP contribution in [0.1, 0.15) is 10.4 Å². The standard InChI is InChI=1S/C18H13NO3S/c1-21-17-5-4-12(8-15(17)20)7-13(10-19)18-9-14(11-23-18)16-3-2-6-22-16/h2-9,11,20H,1H3/b13-7+. The van der Waals surface area contributed by atoms with Gasteiger partial charge in [-0.3, -0.25) is 0 Å². The summed E-state index contributed by atoms with van der Waals surface area (Å²) in [5.41, 5.74) is 2.19. The number of phenols is 1. The van der Waals surface area contributed by atoms with E-state index in [9.17, 15) is 10.4 Å². The second kappa shape index (κ2) is 6.42. The number of thiophene rings is 1. The third-order valence-electron chi connectivity index (χ3n) is 3.30. The highest BCUT2D eigenvalue weighted by Crippen LogP contribution is 2.32. The molecule has 0 bridgehead atoms. The predicted octanol–water partition coefficient (Wildman–Crippen LogP) is 4.79. The molecule has 114 valence electrons. The molecular formula is C18H13NO3S. The molecule has 0 saturated heterocycles. The summed E-state index contributed by atoms with van der Waals surface area (Å²) < 4.78 is 10.4. The Labute approximate surface area is 137 Å². The SMILES string of the molecule is COc1ccc(/C=C(\C#N)c2cc(-c3ccco3)cs2)cc1O. The number of nitrogens with zero attached hydrogens (tertiary/aromatic N) is 1. The molecule has 2 heterocycles. The number of allylic oxidation sites excluding steroid dienone is 1. The minimum atomic E-state index is 0.0426. The van der Waals surface area contributed by atoms with Gasteiger partial charge in [0.25, 0.3) is 0 Å². The predicted molar refractivity (Wildman–Crippen MR) is 90.2 cm³/mol. The van der Waals surface area contributed by atoms with Crippen LogP contribution in [0, 0.1) is 11.3 Å². The molecule has 0 saturated carbocycles. The molecule has 0 aliphatic heterocycles. The summed E-state index contributed by atoms with van der Waals surface area (Å²) in [7, 11) is 1.49. The van der Waals surface area contributed by atoms with Crippen molar-refractivity contribution < 1.29 is 14.3 Å². The quantitative estimate of drug-likeness (QED) is 0.701. The van der Waals surface area contributed by atoms with Crippen molar-refractivity contribution in [2.45, 2.75) is 0 Å². The molecule has 2 aromatic heterocycles. The van der Waals surface area contributed by atoms with Gasteiger partial charge in [0.05, 0.1) is 18.9 Å². The number of nitriles is 1. The largest absolute Gasteiger partial charge is 0.504 e. The molecule has 3 rings (SSSR count). The first-order valence-corrected chi connectivity index (χ1v) is 7.71. The molecule has 0 radical (unpaired) electrons. The molecule has 1 aromatic carbocycles. The van der Waals surface area contributed by atoms with Crippen LogP contribution in [0.25, 0.3) is 23.0 Å². The maximum absolute atomic E-state index is 9.83. The van der Waals surface area contributed by atoms with E-state index in [1.807, 2.05) is 23.6 Å². The number of phenolic OH excluding ortho intramolecular Hbond substituents is 1. The number of furan rings is 1. The van der Waals surface area contributed by atoms with Gasteiger partial charge in [0, 0.05) is 15.8 Å². The highest BCUT2D eigenvalue weighted by molar-refractivity contribution is 7.11. The lowest BCUT2D eigenvalue weighted by Gasteiger charge is -2.03. The van der Waals surface area contributed by atoms with E-state index in [2.05, 4.69) is 6.07 Å². The molecule has 4 nitrogen and oxygen atoms in total. The maximum atomic E-state index is 9.83. The lowest BCUT2D eigenvalue weighted by Crippen LogP contribution is -1.84. The number of benzene rings is 1. The van der Waals surface area contributed by atoms with Crippen LogP contribution in [0.15, 0.2) is 52.5 Å². The number of hydrogen-bond donors (Lipinski definition) is 1. The molecule has 0 amide bonds. The Morgan fingerprint density at radius 2 is 2.22 bits per heavy atom. The Kier molecular flexibility index (Phi) is 4.18. The molecule has 0 unspecified atom stereocenters. The van der Waals surface area contributed by atoms with Gasteiger partial charge in [-0.2, -0.15) is 5.26 Å². The Hall–Kier alpha value is -2.97. The summed E-state index contributed by atoms with van der Waals surface area (Å²) in [6.45, 7) is 0. The van der Waals surface area contributed by atoms with E-state index >= 15 is 0 Å². The van der Waals surface area contributed by atoms with Gasteiger partial charge in [-0.15, -0.1) is 11.3 Å². The highest BCUT2D eigenvalue weighted by Gasteiger charge is 2.09. The van der Waals surface area contributed by atoms with Crippen LogP contribution in [0.2, 0.25) is 0 Å². The van der Waals surface area contributed by atoms with E-state index in [1.165, 1.54) is 18.4 Å². The van der Waals surface area contributed by atoms with Crippen LogP contribution >= 0.6 is 11.3 Å². The summed E-state index contributed by atoms with van der Waals surface area (Å²) >= 11 is 1.47. The van der Waals surface area contributed by atoms with Gasteiger partial charge < -0.3 is 14.3 Å². The molecule has 0 aliphatic rings. The van der Waals surface area contributed by atoms with Crippen LogP contribution in [-0.4, -0.2) is 12.2 Å². The number of hydrogen-bond acceptors (Lipinski definition) is 5. The van der Waals surface area contributed by atoms with E-state index in [-0.39, 0.29) is 5.75 Å². The van der Waals surface area contributed by atoms with Crippen LogP contribution in [0.5, 0.6) is 11.5 Å². The number of methoxy groups -OCH3 is 1. The van der Waals surface area contributed by atoms with Crippen molar-refractivity contribution in [2.75, 3.05) is 7.11 Å². The summed E-state index contributed by atoms with van der Waals surface area (Å²) in [4.78, 5) is 0.842. The van der Waals surface area contributed by atoms with Crippen molar-refractivity contribution >= 4 is 23.0 Å². The Bertz CT molecular complexity index is 885. The van der Waals surface area contributed by atoms with E-state index in [1.54, 1.807) is 30.5 Å². The molecule has 1 N–H and O–H groups in total. The monoisotopic (exact) mass is 323 g/mol. The fourth-order valence-corrected chi connectivity index (χ4v) is 3.04. The third-order valence-corrected chi connectivity index (χ3v) is 4.27. The Morgan fingerprint density at radius 1 is 1.35 bits per heavy atom. The van der Waals surface area contributed by atoms with Gasteiger partial charge in [0.15, 0.2) is 11.5 Å². The minimum absolute atomic E-state index is 0.0426. The number of rotatable bonds is 4. The third kappa shape index (κ3) is 3.12. The van der Waals surface area contributed by atoms with Crippen molar-refractivity contribution in [2.24, 2.45) is 0 Å². The summed E-state index contributed by atoms with van der Waals surface area (Å²) in [6.07, 6.45) is 3.35. The van der Waals surface area contributed by atoms with Gasteiger partial charge in [0.2, 0.25) is 0 Å². The molecule has 0 fully saturated rings. The van der Waals surface area contributed by atoms with Crippen molar-refractivity contribution in [3.63, 3.8) is 0 Å². The second-order valence-electron chi connectivity index (χ2n) is 4.78. The molecule has 5 heteroatoms. The second-order valence-corrected chi connectivity index (χ2v) is 5.69. The Morgan fingerprint density at radius 3 is 2.87 bits per heavy atom. The van der Waals surface area contributed by atoms with Crippen molar-refractivity contribution in [1.29, 1.82) is 5.26 Å². The highest BCUT2D eigenvalue weighted by atomic mass is 32.1. The van der Waals surface area contributed by atoms with Crippen LogP contribution < -0.4 is 4.74 Å². The van der Waals surface area contributed by atoms with E-state index < -0.39 is 0 Å². The van der Waals surface area contributed by atoms with Gasteiger partial charge in [0.1, 0.15) is 11.8 Å². The van der Waals surface area contributed by atoms with Crippen LogP contribution in [-0.2, 0) is 0 Å². The first-order chi connectivity index (χ1) is 11.2. The zero-order valence-electron chi connectivity index (χ0n) is 12.3. The van der Waals surface area contributed by atoms with Gasteiger partial charge >= 0.3 is 0 Å². The first-order valence-electron chi connectivity index (χ1n) is 6.83. The molecular weight excluding hydrogens is 310 g/mol. The number of ether oxygens (including phenoxy) is 1. The fraction of sp³-hybridized carbons (Fsp3) is 0.0556. The summed E-state index contributed by atoms with van der Waals surface area (Å²) in [5.74, 6) is 1.21. The van der Waals surface area contributed by atoms with Crippen molar-refractivity contribution in [3.05, 3.63) is 58.5 Å². The summed E-state index contributed by atoms with van der Waals surface area (Å²) in [6, 6.07) is 12.8. The lowest BCUT2D eigenvalue weighted by atomic mass is 10.1. The van der Waals surface area contributed by atoms with Crippen LogP contribution in [0.4, 0.5) is 0 Å². The van der Waals surface area contributed by atoms with Gasteiger partial charge in [-0.25, -0.2) is 0 Å². The van der Waals surface area contributed by atoms with E-state index in [0.29, 0.717) is 11.3 Å². The smallest absolute Gasteiger partial charge is 0.160 e. The first kappa shape index (κ1) is 14.9. The number of aromatic hydroxyl groups is 1. The normalized spacial score (nSPS) is 11.2. The average molecular weight is 323 g/mol. The zero-order valence-corrected chi connectivity index (χ0v) is 13.1. The fourth-order valence-electron chi connectivity index (χ4n) is 2.17. The van der Waals surface area contributed by atoms with E-state index in [0.717, 1.165) is 21.8 Å². The Balaban J connectivity index is 1.94. The average Bonchev–Trinajstić information content (AvgIpc) is 3.23. The molecule has 0 aliphatic carbocycles.